The van der Waals surface area contributed by atoms with E-state index in [0.717, 1.165) is 5.56 Å². The van der Waals surface area contributed by atoms with E-state index in [1.54, 1.807) is 42.4 Å². The molecule has 4 rings (SSSR count). The fourth-order valence-electron chi connectivity index (χ4n) is 4.53. The zero-order chi connectivity index (χ0) is 28.2. The molecule has 0 saturated heterocycles. The van der Waals surface area contributed by atoms with Gasteiger partial charge < -0.3 is 14.7 Å². The van der Waals surface area contributed by atoms with E-state index in [2.05, 4.69) is 14.6 Å². The Hall–Kier alpha value is -3.18. The van der Waals surface area contributed by atoms with E-state index < -0.39 is 22.2 Å². The lowest BCUT2D eigenvalue weighted by Gasteiger charge is -2.38. The molecule has 2 heterocycles. The molecule has 2 N–H and O–H groups in total. The molecular formula is C28H33ClN4O5S. The summed E-state index contributed by atoms with van der Waals surface area (Å²) in [5.74, 6) is -0.310. The van der Waals surface area contributed by atoms with Crippen molar-refractivity contribution in [2.75, 3.05) is 31.5 Å². The van der Waals surface area contributed by atoms with Crippen LogP contribution in [0.3, 0.4) is 0 Å². The molecule has 0 saturated carbocycles. The monoisotopic (exact) mass is 572 g/mol. The molecule has 1 aliphatic rings. The molecule has 0 fully saturated rings. The van der Waals surface area contributed by atoms with E-state index >= 15 is 0 Å². The highest BCUT2D eigenvalue weighted by Gasteiger charge is 2.35. The van der Waals surface area contributed by atoms with Crippen LogP contribution in [0.1, 0.15) is 29.8 Å². The molecule has 0 unspecified atom stereocenters. The average molecular weight is 573 g/mol. The molecule has 1 aliphatic heterocycles. The van der Waals surface area contributed by atoms with Crippen molar-refractivity contribution in [1.82, 2.24) is 14.8 Å². The smallest absolute Gasteiger partial charge is 0.262 e. The topological polar surface area (TPSA) is 112 Å². The number of carbonyl (C=O) groups is 1. The minimum absolute atomic E-state index is 0.0270. The normalized spacial score (nSPS) is 18.6. The number of likely N-dealkylation sites (N-methyl/N-ethyl adjacent to an activating group) is 1. The summed E-state index contributed by atoms with van der Waals surface area (Å²) in [6, 6.07) is 14.1. The van der Waals surface area contributed by atoms with Gasteiger partial charge in [-0.3, -0.25) is 19.4 Å². The van der Waals surface area contributed by atoms with E-state index in [0.29, 0.717) is 24.7 Å². The standard InChI is InChI=1S/C28H33ClN4O5S/c1-19-15-33(20(2)18-34)28(35)24-5-4-6-25(31-39(36,37)23-9-7-22(29)8-10-23)27(24)38-26(19)17-32(3)16-21-11-13-30-14-12-21/h4-14,19-20,26,31,34H,15-18H2,1-3H3/t19-,20-,26+/m0/s1. The maximum atomic E-state index is 13.7. The number of halogens is 1. The van der Waals surface area contributed by atoms with Gasteiger partial charge in [-0.25, -0.2) is 8.42 Å². The van der Waals surface area contributed by atoms with Crippen LogP contribution in [-0.4, -0.2) is 73.1 Å². The lowest BCUT2D eigenvalue weighted by molar-refractivity contribution is 0.0344. The predicted octanol–water partition coefficient (Wildman–Crippen LogP) is 3.89. The Morgan fingerprint density at radius 1 is 1.18 bits per heavy atom. The summed E-state index contributed by atoms with van der Waals surface area (Å²) in [5, 5.41) is 10.3. The van der Waals surface area contributed by atoms with Crippen molar-refractivity contribution in [3.8, 4) is 5.75 Å². The molecule has 2 aromatic carbocycles. The van der Waals surface area contributed by atoms with Crippen LogP contribution >= 0.6 is 11.6 Å². The zero-order valence-electron chi connectivity index (χ0n) is 22.1. The quantitative estimate of drug-likeness (QED) is 0.400. The minimum atomic E-state index is -4.00. The molecule has 1 aromatic heterocycles. The first-order chi connectivity index (χ1) is 18.6. The van der Waals surface area contributed by atoms with Crippen molar-refractivity contribution < 1.29 is 23.1 Å². The highest BCUT2D eigenvalue weighted by atomic mass is 35.5. The number of hydrogen-bond acceptors (Lipinski definition) is 7. The number of nitrogens with one attached hydrogen (secondary N) is 1. The van der Waals surface area contributed by atoms with Gasteiger partial charge in [-0.1, -0.05) is 24.6 Å². The largest absolute Gasteiger partial charge is 0.486 e. The number of amides is 1. The van der Waals surface area contributed by atoms with Gasteiger partial charge in [0.05, 0.1) is 28.8 Å². The lowest BCUT2D eigenvalue weighted by Crippen LogP contribution is -2.49. The van der Waals surface area contributed by atoms with Gasteiger partial charge in [0.2, 0.25) is 0 Å². The SMILES string of the molecule is C[C@H]1CN([C@@H](C)CO)C(=O)c2cccc(NS(=O)(=O)c3ccc(Cl)cc3)c2O[C@@H]1CN(C)Cc1ccncc1. The van der Waals surface area contributed by atoms with Crippen LogP contribution in [-0.2, 0) is 16.6 Å². The second-order valence-corrected chi connectivity index (χ2v) is 12.0. The summed E-state index contributed by atoms with van der Waals surface area (Å²) in [5.41, 5.74) is 1.47. The molecule has 9 nitrogen and oxygen atoms in total. The Morgan fingerprint density at radius 3 is 2.54 bits per heavy atom. The number of nitrogens with zero attached hydrogens (tertiary/aromatic N) is 3. The van der Waals surface area contributed by atoms with Gasteiger partial charge in [-0.2, -0.15) is 0 Å². The van der Waals surface area contributed by atoms with Crippen molar-refractivity contribution in [2.24, 2.45) is 5.92 Å². The molecule has 1 amide bonds. The van der Waals surface area contributed by atoms with Crippen molar-refractivity contribution in [2.45, 2.75) is 37.4 Å². The maximum absolute atomic E-state index is 13.7. The third-order valence-electron chi connectivity index (χ3n) is 6.75. The number of pyridine rings is 1. The minimum Gasteiger partial charge on any atom is -0.486 e. The molecule has 0 bridgehead atoms. The number of aliphatic hydroxyl groups is 1. The Morgan fingerprint density at radius 2 is 1.87 bits per heavy atom. The molecule has 0 spiro atoms. The summed E-state index contributed by atoms with van der Waals surface area (Å²) < 4.78 is 35.6. The van der Waals surface area contributed by atoms with Crippen LogP contribution in [0.25, 0.3) is 0 Å². The summed E-state index contributed by atoms with van der Waals surface area (Å²) in [6.45, 7) is 5.10. The van der Waals surface area contributed by atoms with Crippen LogP contribution in [0, 0.1) is 5.92 Å². The van der Waals surface area contributed by atoms with Gasteiger partial charge in [0.25, 0.3) is 15.9 Å². The Balaban J connectivity index is 1.71. The van der Waals surface area contributed by atoms with Crippen LogP contribution in [0.4, 0.5) is 5.69 Å². The zero-order valence-corrected chi connectivity index (χ0v) is 23.7. The molecule has 3 atom stereocenters. The first-order valence-corrected chi connectivity index (χ1v) is 14.5. The van der Waals surface area contributed by atoms with Crippen LogP contribution in [0.15, 0.2) is 71.9 Å². The van der Waals surface area contributed by atoms with Gasteiger partial charge in [0, 0.05) is 43.0 Å². The Labute approximate surface area is 234 Å². The van der Waals surface area contributed by atoms with Crippen LogP contribution in [0.5, 0.6) is 5.75 Å². The lowest BCUT2D eigenvalue weighted by atomic mass is 9.99. The number of ether oxygens (including phenoxy) is 1. The van der Waals surface area contributed by atoms with Crippen molar-refractivity contribution in [3.63, 3.8) is 0 Å². The van der Waals surface area contributed by atoms with E-state index in [-0.39, 0.29) is 40.3 Å². The highest BCUT2D eigenvalue weighted by molar-refractivity contribution is 7.92. The molecule has 11 heteroatoms. The number of fused-ring (bicyclic) bond motifs is 1. The first-order valence-electron chi connectivity index (χ1n) is 12.7. The fraction of sp³-hybridized carbons (Fsp3) is 0.357. The van der Waals surface area contributed by atoms with Crippen molar-refractivity contribution >= 4 is 33.2 Å². The number of aromatic nitrogens is 1. The van der Waals surface area contributed by atoms with E-state index in [4.69, 9.17) is 16.3 Å². The molecule has 0 radical (unpaired) electrons. The van der Waals surface area contributed by atoms with Gasteiger partial charge in [-0.15, -0.1) is 0 Å². The number of rotatable bonds is 9. The van der Waals surface area contributed by atoms with Crippen LogP contribution in [0.2, 0.25) is 5.02 Å². The summed E-state index contributed by atoms with van der Waals surface area (Å²) in [7, 11) is -2.02. The number of carbonyl (C=O) groups excluding carboxylic acids is 1. The highest BCUT2D eigenvalue weighted by Crippen LogP contribution is 2.36. The maximum Gasteiger partial charge on any atom is 0.262 e. The third kappa shape index (κ3) is 6.88. The second kappa shape index (κ2) is 12.3. The molecule has 0 aliphatic carbocycles. The first kappa shape index (κ1) is 28.8. The Bertz CT molecular complexity index is 1390. The number of hydrogen-bond donors (Lipinski definition) is 2. The average Bonchev–Trinajstić information content (AvgIpc) is 2.91. The number of aliphatic hydroxyl groups excluding tert-OH is 1. The predicted molar refractivity (Wildman–Crippen MR) is 150 cm³/mol. The van der Waals surface area contributed by atoms with Crippen molar-refractivity contribution in [1.29, 1.82) is 0 Å². The van der Waals surface area contributed by atoms with Gasteiger partial charge in [0.15, 0.2) is 5.75 Å². The number of para-hydroxylation sites is 1. The Kier molecular flexibility index (Phi) is 9.12. The van der Waals surface area contributed by atoms with Gasteiger partial charge in [0.1, 0.15) is 6.10 Å². The molecular weight excluding hydrogens is 540 g/mol. The third-order valence-corrected chi connectivity index (χ3v) is 8.39. The van der Waals surface area contributed by atoms with Crippen molar-refractivity contribution in [3.05, 3.63) is 83.1 Å². The number of anilines is 1. The summed E-state index contributed by atoms with van der Waals surface area (Å²) in [6.07, 6.45) is 3.10. The van der Waals surface area contributed by atoms with Gasteiger partial charge >= 0.3 is 0 Å². The van der Waals surface area contributed by atoms with E-state index in [1.165, 1.54) is 24.3 Å². The molecule has 39 heavy (non-hydrogen) atoms. The molecule has 3 aromatic rings. The fourth-order valence-corrected chi connectivity index (χ4v) is 5.72. The van der Waals surface area contributed by atoms with Crippen LogP contribution < -0.4 is 9.46 Å². The van der Waals surface area contributed by atoms with Gasteiger partial charge in [-0.05, 0) is 68.1 Å². The second-order valence-electron chi connectivity index (χ2n) is 9.92. The van der Waals surface area contributed by atoms with E-state index in [9.17, 15) is 18.3 Å². The summed E-state index contributed by atoms with van der Waals surface area (Å²) in [4.78, 5) is 21.5. The number of benzene rings is 2. The summed E-state index contributed by atoms with van der Waals surface area (Å²) >= 11 is 5.94. The molecule has 208 valence electrons. The number of sulfonamides is 1. The van der Waals surface area contributed by atoms with E-state index in [1.807, 2.05) is 26.1 Å².